The first-order valence-electron chi connectivity index (χ1n) is 7.45. The first-order valence-corrected chi connectivity index (χ1v) is 7.45. The Morgan fingerprint density at radius 3 is 2.17 bits per heavy atom. The van der Waals surface area contributed by atoms with Crippen LogP contribution in [0, 0.1) is 17.8 Å². The van der Waals surface area contributed by atoms with Crippen LogP contribution in [0.2, 0.25) is 0 Å². The van der Waals surface area contributed by atoms with E-state index in [2.05, 4.69) is 49.3 Å². The van der Waals surface area contributed by atoms with Gasteiger partial charge in [0.25, 0.3) is 0 Å². The van der Waals surface area contributed by atoms with Gasteiger partial charge in [0.15, 0.2) is 0 Å². The van der Waals surface area contributed by atoms with Gasteiger partial charge in [0.05, 0.1) is 0 Å². The lowest BCUT2D eigenvalue weighted by Gasteiger charge is -2.50. The Labute approximate surface area is 111 Å². The molecule has 1 aromatic rings. The summed E-state index contributed by atoms with van der Waals surface area (Å²) in [5.74, 6) is 3.63. The molecule has 3 saturated carbocycles. The SMILES string of the molecule is CN(C)C[C@@H]1C2CCC(CC2)[C@@H]1c1ccccc1. The quantitative estimate of drug-likeness (QED) is 0.781. The largest absolute Gasteiger partial charge is 0.309 e. The Morgan fingerprint density at radius 2 is 1.56 bits per heavy atom. The monoisotopic (exact) mass is 243 g/mol. The van der Waals surface area contributed by atoms with Crippen LogP contribution in [0.25, 0.3) is 0 Å². The van der Waals surface area contributed by atoms with Gasteiger partial charge >= 0.3 is 0 Å². The zero-order chi connectivity index (χ0) is 12.5. The number of hydrogen-bond donors (Lipinski definition) is 0. The Morgan fingerprint density at radius 1 is 0.944 bits per heavy atom. The molecule has 3 fully saturated rings. The van der Waals surface area contributed by atoms with Gasteiger partial charge in [-0.25, -0.2) is 0 Å². The van der Waals surface area contributed by atoms with E-state index in [1.807, 2.05) is 0 Å². The van der Waals surface area contributed by atoms with E-state index < -0.39 is 0 Å². The van der Waals surface area contributed by atoms with Crippen LogP contribution in [0.15, 0.2) is 30.3 Å². The minimum atomic E-state index is 0.820. The third-order valence-electron chi connectivity index (χ3n) is 5.15. The summed E-state index contributed by atoms with van der Waals surface area (Å²) in [7, 11) is 4.45. The fourth-order valence-corrected chi connectivity index (χ4v) is 4.45. The molecule has 0 spiro atoms. The van der Waals surface area contributed by atoms with E-state index in [-0.39, 0.29) is 0 Å². The van der Waals surface area contributed by atoms with Crippen molar-refractivity contribution in [2.24, 2.45) is 17.8 Å². The van der Waals surface area contributed by atoms with Crippen LogP contribution >= 0.6 is 0 Å². The second kappa shape index (κ2) is 5.05. The molecule has 1 heteroatoms. The van der Waals surface area contributed by atoms with Gasteiger partial charge in [0, 0.05) is 6.54 Å². The second-order valence-electron chi connectivity index (χ2n) is 6.54. The van der Waals surface area contributed by atoms with Crippen molar-refractivity contribution in [1.29, 1.82) is 0 Å². The van der Waals surface area contributed by atoms with Gasteiger partial charge in [0.1, 0.15) is 0 Å². The summed E-state index contributed by atoms with van der Waals surface area (Å²) in [4.78, 5) is 2.39. The van der Waals surface area contributed by atoms with E-state index in [0.29, 0.717) is 0 Å². The van der Waals surface area contributed by atoms with Crippen molar-refractivity contribution in [2.45, 2.75) is 31.6 Å². The number of nitrogens with zero attached hydrogens (tertiary/aromatic N) is 1. The Hall–Kier alpha value is -0.820. The summed E-state index contributed by atoms with van der Waals surface area (Å²) in [6.07, 6.45) is 5.89. The van der Waals surface area contributed by atoms with Crippen LogP contribution in [-0.2, 0) is 0 Å². The van der Waals surface area contributed by atoms with Gasteiger partial charge in [-0.2, -0.15) is 0 Å². The predicted octanol–water partition coefficient (Wildman–Crippen LogP) is 3.77. The van der Waals surface area contributed by atoms with Gasteiger partial charge in [-0.1, -0.05) is 30.3 Å². The number of benzene rings is 1. The molecule has 0 unspecified atom stereocenters. The van der Waals surface area contributed by atoms with Crippen molar-refractivity contribution in [3.05, 3.63) is 35.9 Å². The molecule has 0 radical (unpaired) electrons. The molecule has 0 aliphatic heterocycles. The molecule has 18 heavy (non-hydrogen) atoms. The number of rotatable bonds is 3. The van der Waals surface area contributed by atoms with E-state index in [1.165, 1.54) is 32.2 Å². The highest BCUT2D eigenvalue weighted by Crippen LogP contribution is 2.53. The topological polar surface area (TPSA) is 3.24 Å². The minimum absolute atomic E-state index is 0.820. The first kappa shape index (κ1) is 12.2. The van der Waals surface area contributed by atoms with E-state index in [9.17, 15) is 0 Å². The average molecular weight is 243 g/mol. The molecule has 4 rings (SSSR count). The van der Waals surface area contributed by atoms with E-state index in [0.717, 1.165) is 23.7 Å². The van der Waals surface area contributed by atoms with E-state index in [1.54, 1.807) is 5.56 Å². The molecule has 2 bridgehead atoms. The lowest BCUT2D eigenvalue weighted by Crippen LogP contribution is -2.43. The maximum Gasteiger partial charge on any atom is 0.00122 e. The highest BCUT2D eigenvalue weighted by atomic mass is 15.1. The fourth-order valence-electron chi connectivity index (χ4n) is 4.45. The molecular formula is C17H25N. The summed E-state index contributed by atoms with van der Waals surface area (Å²) in [5.41, 5.74) is 1.60. The van der Waals surface area contributed by atoms with Crippen molar-refractivity contribution in [3.8, 4) is 0 Å². The van der Waals surface area contributed by atoms with Gasteiger partial charge in [0.2, 0.25) is 0 Å². The lowest BCUT2D eigenvalue weighted by molar-refractivity contribution is 0.0507. The van der Waals surface area contributed by atoms with Crippen molar-refractivity contribution < 1.29 is 0 Å². The highest BCUT2D eigenvalue weighted by molar-refractivity contribution is 5.23. The first-order chi connectivity index (χ1) is 8.75. The maximum absolute atomic E-state index is 2.39. The molecule has 0 N–H and O–H groups in total. The van der Waals surface area contributed by atoms with Crippen molar-refractivity contribution >= 4 is 0 Å². The molecule has 0 saturated heterocycles. The zero-order valence-electron chi connectivity index (χ0n) is 11.7. The van der Waals surface area contributed by atoms with Crippen molar-refractivity contribution in [3.63, 3.8) is 0 Å². The highest BCUT2D eigenvalue weighted by Gasteiger charge is 2.43. The fraction of sp³-hybridized carbons (Fsp3) is 0.647. The summed E-state index contributed by atoms with van der Waals surface area (Å²) in [6, 6.07) is 11.3. The molecule has 1 nitrogen and oxygen atoms in total. The maximum atomic E-state index is 2.39. The second-order valence-corrected chi connectivity index (χ2v) is 6.54. The normalized spacial score (nSPS) is 35.1. The van der Waals surface area contributed by atoms with Gasteiger partial charge < -0.3 is 4.90 Å². The van der Waals surface area contributed by atoms with Crippen LogP contribution in [-0.4, -0.2) is 25.5 Å². The molecule has 3 aliphatic rings. The van der Waals surface area contributed by atoms with Crippen LogP contribution in [0.1, 0.15) is 37.2 Å². The van der Waals surface area contributed by atoms with E-state index >= 15 is 0 Å². The smallest absolute Gasteiger partial charge is 0.00122 e. The number of hydrogen-bond acceptors (Lipinski definition) is 1. The Bertz CT molecular complexity index is 376. The van der Waals surface area contributed by atoms with Crippen LogP contribution < -0.4 is 0 Å². The molecule has 2 atom stereocenters. The van der Waals surface area contributed by atoms with Gasteiger partial charge in [-0.05, 0) is 69.0 Å². The van der Waals surface area contributed by atoms with Crippen molar-refractivity contribution in [1.82, 2.24) is 4.90 Å². The molecule has 3 aliphatic carbocycles. The molecule has 0 amide bonds. The number of fused-ring (bicyclic) bond motifs is 3. The summed E-state index contributed by atoms with van der Waals surface area (Å²) in [6.45, 7) is 1.26. The summed E-state index contributed by atoms with van der Waals surface area (Å²) in [5, 5.41) is 0. The lowest BCUT2D eigenvalue weighted by atomic mass is 9.57. The van der Waals surface area contributed by atoms with Crippen molar-refractivity contribution in [2.75, 3.05) is 20.6 Å². The Kier molecular flexibility index (Phi) is 3.43. The third-order valence-corrected chi connectivity index (χ3v) is 5.15. The molecule has 0 heterocycles. The molecule has 98 valence electrons. The predicted molar refractivity (Wildman–Crippen MR) is 76.7 cm³/mol. The average Bonchev–Trinajstić information content (AvgIpc) is 2.40. The van der Waals surface area contributed by atoms with Crippen LogP contribution in [0.5, 0.6) is 0 Å². The third kappa shape index (κ3) is 2.21. The van der Waals surface area contributed by atoms with Gasteiger partial charge in [-0.15, -0.1) is 0 Å². The molecular weight excluding hydrogens is 218 g/mol. The van der Waals surface area contributed by atoms with E-state index in [4.69, 9.17) is 0 Å². The van der Waals surface area contributed by atoms with Crippen LogP contribution in [0.3, 0.4) is 0 Å². The molecule has 0 aromatic heterocycles. The summed E-state index contributed by atoms with van der Waals surface area (Å²) >= 11 is 0. The zero-order valence-corrected chi connectivity index (χ0v) is 11.7. The standard InChI is InChI=1S/C17H25N/c1-18(2)12-16-13-8-10-15(11-9-13)17(16)14-6-4-3-5-7-14/h3-7,13,15-17H,8-12H2,1-2H3/t13?,15?,16-,17+/m1/s1. The van der Waals surface area contributed by atoms with Crippen LogP contribution in [0.4, 0.5) is 0 Å². The van der Waals surface area contributed by atoms with Gasteiger partial charge in [-0.3, -0.25) is 0 Å². The summed E-state index contributed by atoms with van der Waals surface area (Å²) < 4.78 is 0. The Balaban J connectivity index is 1.89. The molecule has 1 aromatic carbocycles. The minimum Gasteiger partial charge on any atom is -0.309 e.